The van der Waals surface area contributed by atoms with Gasteiger partial charge in [-0.2, -0.15) is 0 Å². The first kappa shape index (κ1) is 19.3. The summed E-state index contributed by atoms with van der Waals surface area (Å²) in [6.45, 7) is 0. The Balaban J connectivity index is 1.62. The van der Waals surface area contributed by atoms with Crippen LogP contribution in [0.2, 0.25) is 0 Å². The van der Waals surface area contributed by atoms with E-state index in [-0.39, 0.29) is 0 Å². The van der Waals surface area contributed by atoms with Gasteiger partial charge in [0.25, 0.3) is 0 Å². The molecule has 0 saturated heterocycles. The second-order valence-corrected chi connectivity index (χ2v) is 8.11. The third kappa shape index (κ3) is 3.33. The van der Waals surface area contributed by atoms with Crippen LogP contribution in [0.3, 0.4) is 0 Å². The van der Waals surface area contributed by atoms with Gasteiger partial charge in [0.1, 0.15) is 5.82 Å². The Bertz CT molecular complexity index is 1500. The minimum Gasteiger partial charge on any atom is -0.334 e. The summed E-state index contributed by atoms with van der Waals surface area (Å²) in [5, 5.41) is 0. The zero-order valence-corrected chi connectivity index (χ0v) is 18.3. The Morgan fingerprint density at radius 2 is 1.30 bits per heavy atom. The molecule has 0 aliphatic heterocycles. The molecule has 0 spiro atoms. The van der Waals surface area contributed by atoms with Gasteiger partial charge in [0, 0.05) is 36.1 Å². The first-order chi connectivity index (χ1) is 16.3. The van der Waals surface area contributed by atoms with Crippen LogP contribution in [0.5, 0.6) is 0 Å². The fourth-order valence-corrected chi connectivity index (χ4v) is 4.48. The van der Waals surface area contributed by atoms with E-state index in [1.807, 2.05) is 30.3 Å². The van der Waals surface area contributed by atoms with Crippen molar-refractivity contribution in [2.75, 3.05) is 0 Å². The SMILES string of the molecule is Cn1cnc2cc(-c3nccn3-c3c(-c4ccccc4)cccc3-c3ccccc3)ccc21. The minimum atomic E-state index is 0.892. The van der Waals surface area contributed by atoms with E-state index in [0.717, 1.165) is 39.2 Å². The molecule has 0 fully saturated rings. The number of hydrogen-bond donors (Lipinski definition) is 0. The molecule has 6 rings (SSSR count). The van der Waals surface area contributed by atoms with Crippen LogP contribution < -0.4 is 0 Å². The lowest BCUT2D eigenvalue weighted by Crippen LogP contribution is -2.02. The number of benzene rings is 4. The summed E-state index contributed by atoms with van der Waals surface area (Å²) in [5.41, 5.74) is 8.88. The molecule has 158 valence electrons. The number of aryl methyl sites for hydroxylation is 1. The van der Waals surface area contributed by atoms with Crippen LogP contribution in [0, 0.1) is 0 Å². The van der Waals surface area contributed by atoms with E-state index in [9.17, 15) is 0 Å². The van der Waals surface area contributed by atoms with Gasteiger partial charge >= 0.3 is 0 Å². The largest absolute Gasteiger partial charge is 0.334 e. The molecule has 0 N–H and O–H groups in total. The lowest BCUT2D eigenvalue weighted by atomic mass is 9.95. The maximum atomic E-state index is 4.77. The van der Waals surface area contributed by atoms with E-state index in [0.29, 0.717) is 0 Å². The number of rotatable bonds is 4. The first-order valence-electron chi connectivity index (χ1n) is 11.0. The highest BCUT2D eigenvalue weighted by atomic mass is 15.1. The van der Waals surface area contributed by atoms with Crippen molar-refractivity contribution in [1.29, 1.82) is 0 Å². The third-order valence-corrected chi connectivity index (χ3v) is 6.07. The van der Waals surface area contributed by atoms with E-state index in [2.05, 4.69) is 107 Å². The van der Waals surface area contributed by atoms with Crippen LogP contribution in [0.4, 0.5) is 0 Å². The molecule has 2 heterocycles. The molecule has 0 bridgehead atoms. The first-order valence-corrected chi connectivity index (χ1v) is 11.0. The van der Waals surface area contributed by atoms with Gasteiger partial charge in [-0.25, -0.2) is 9.97 Å². The molecule has 6 aromatic rings. The summed E-state index contributed by atoms with van der Waals surface area (Å²) < 4.78 is 4.23. The highest BCUT2D eigenvalue weighted by Crippen LogP contribution is 2.37. The predicted molar refractivity (Wildman–Crippen MR) is 134 cm³/mol. The monoisotopic (exact) mass is 426 g/mol. The van der Waals surface area contributed by atoms with Gasteiger partial charge in [-0.05, 0) is 29.3 Å². The molecule has 4 aromatic carbocycles. The van der Waals surface area contributed by atoms with Crippen molar-refractivity contribution in [2.24, 2.45) is 7.05 Å². The average Bonchev–Trinajstić information content (AvgIpc) is 3.51. The van der Waals surface area contributed by atoms with Crippen molar-refractivity contribution < 1.29 is 0 Å². The van der Waals surface area contributed by atoms with Crippen molar-refractivity contribution in [3.8, 4) is 39.3 Å². The Morgan fingerprint density at radius 1 is 0.636 bits per heavy atom. The van der Waals surface area contributed by atoms with E-state index in [1.165, 1.54) is 11.1 Å². The Morgan fingerprint density at radius 3 is 1.97 bits per heavy atom. The normalized spacial score (nSPS) is 11.2. The Kier molecular flexibility index (Phi) is 4.62. The quantitative estimate of drug-likeness (QED) is 0.312. The molecular weight excluding hydrogens is 404 g/mol. The van der Waals surface area contributed by atoms with E-state index in [4.69, 9.17) is 4.98 Å². The van der Waals surface area contributed by atoms with Crippen molar-refractivity contribution in [3.63, 3.8) is 0 Å². The fraction of sp³-hybridized carbons (Fsp3) is 0.0345. The molecule has 4 heteroatoms. The molecular formula is C29H22N4. The molecule has 0 aliphatic carbocycles. The van der Waals surface area contributed by atoms with Gasteiger partial charge in [-0.15, -0.1) is 0 Å². The van der Waals surface area contributed by atoms with Gasteiger partial charge in [-0.1, -0.05) is 78.9 Å². The Labute approximate surface area is 192 Å². The second kappa shape index (κ2) is 7.92. The summed E-state index contributed by atoms with van der Waals surface area (Å²) in [7, 11) is 2.01. The van der Waals surface area contributed by atoms with Gasteiger partial charge in [-0.3, -0.25) is 4.57 Å². The van der Waals surface area contributed by atoms with E-state index < -0.39 is 0 Å². The zero-order chi connectivity index (χ0) is 22.2. The summed E-state index contributed by atoms with van der Waals surface area (Å²) >= 11 is 0. The van der Waals surface area contributed by atoms with Gasteiger partial charge < -0.3 is 4.57 Å². The van der Waals surface area contributed by atoms with Crippen molar-refractivity contribution >= 4 is 11.0 Å². The number of imidazole rings is 2. The third-order valence-electron chi connectivity index (χ3n) is 6.07. The van der Waals surface area contributed by atoms with E-state index >= 15 is 0 Å². The summed E-state index contributed by atoms with van der Waals surface area (Å²) in [4.78, 5) is 9.32. The van der Waals surface area contributed by atoms with Gasteiger partial charge in [0.2, 0.25) is 0 Å². The summed E-state index contributed by atoms with van der Waals surface area (Å²) in [6.07, 6.45) is 5.76. The van der Waals surface area contributed by atoms with Gasteiger partial charge in [0.05, 0.1) is 23.0 Å². The smallest absolute Gasteiger partial charge is 0.144 e. The molecule has 4 nitrogen and oxygen atoms in total. The molecule has 33 heavy (non-hydrogen) atoms. The number of hydrogen-bond acceptors (Lipinski definition) is 2. The van der Waals surface area contributed by atoms with Crippen molar-refractivity contribution in [3.05, 3.63) is 116 Å². The topological polar surface area (TPSA) is 35.6 Å². The molecule has 2 aromatic heterocycles. The molecule has 0 saturated carbocycles. The average molecular weight is 427 g/mol. The highest BCUT2D eigenvalue weighted by molar-refractivity contribution is 5.87. The zero-order valence-electron chi connectivity index (χ0n) is 18.3. The van der Waals surface area contributed by atoms with Gasteiger partial charge in [0.15, 0.2) is 0 Å². The number of para-hydroxylation sites is 1. The maximum Gasteiger partial charge on any atom is 0.144 e. The predicted octanol–water partition coefficient (Wildman–Crippen LogP) is 6.76. The van der Waals surface area contributed by atoms with Crippen LogP contribution in [0.15, 0.2) is 116 Å². The van der Waals surface area contributed by atoms with Crippen LogP contribution >= 0.6 is 0 Å². The lowest BCUT2D eigenvalue weighted by molar-refractivity contribution is 0.947. The van der Waals surface area contributed by atoms with Crippen LogP contribution in [0.1, 0.15) is 0 Å². The summed E-state index contributed by atoms with van der Waals surface area (Å²) in [6, 6.07) is 33.9. The minimum absolute atomic E-state index is 0.892. The van der Waals surface area contributed by atoms with Crippen LogP contribution in [-0.4, -0.2) is 19.1 Å². The number of nitrogens with zero attached hydrogens (tertiary/aromatic N) is 4. The molecule has 0 unspecified atom stereocenters. The summed E-state index contributed by atoms with van der Waals surface area (Å²) in [5.74, 6) is 0.892. The molecule has 0 amide bonds. The standard InChI is InChI=1S/C29H22N4/c1-32-20-31-26-19-23(15-16-27(26)32)29-30-17-18-33(29)28-24(21-9-4-2-5-10-21)13-8-14-25(28)22-11-6-3-7-12-22/h2-20H,1H3. The molecule has 0 atom stereocenters. The van der Waals surface area contributed by atoms with Crippen molar-refractivity contribution in [1.82, 2.24) is 19.1 Å². The van der Waals surface area contributed by atoms with Crippen molar-refractivity contribution in [2.45, 2.75) is 0 Å². The number of aromatic nitrogens is 4. The van der Waals surface area contributed by atoms with Crippen LogP contribution in [0.25, 0.3) is 50.4 Å². The second-order valence-electron chi connectivity index (χ2n) is 8.11. The van der Waals surface area contributed by atoms with Crippen LogP contribution in [-0.2, 0) is 7.05 Å². The maximum absolute atomic E-state index is 4.77. The molecule has 0 radical (unpaired) electrons. The lowest BCUT2D eigenvalue weighted by Gasteiger charge is -2.18. The molecule has 0 aliphatic rings. The number of fused-ring (bicyclic) bond motifs is 1. The Hall–Kier alpha value is -4.44. The highest BCUT2D eigenvalue weighted by Gasteiger charge is 2.18. The fourth-order valence-electron chi connectivity index (χ4n) is 4.48. The van der Waals surface area contributed by atoms with E-state index in [1.54, 1.807) is 0 Å².